The van der Waals surface area contributed by atoms with Crippen LogP contribution in [-0.4, -0.2) is 21.7 Å². The summed E-state index contributed by atoms with van der Waals surface area (Å²) in [5.74, 6) is -1.82. The molecule has 0 aromatic heterocycles. The molecule has 2 aromatic carbocycles. The number of alkyl halides is 3. The quantitative estimate of drug-likeness (QED) is 0.365. The maximum Gasteiger partial charge on any atom is 0.423 e. The van der Waals surface area contributed by atoms with E-state index in [1.165, 1.54) is 12.1 Å². The van der Waals surface area contributed by atoms with E-state index in [4.69, 9.17) is 11.6 Å². The van der Waals surface area contributed by atoms with E-state index in [0.29, 0.717) is 12.1 Å². The Morgan fingerprint density at radius 1 is 1.00 bits per heavy atom. The number of halogens is 4. The van der Waals surface area contributed by atoms with E-state index in [0.717, 1.165) is 12.1 Å². The molecular weight excluding hydrogens is 449 g/mol. The van der Waals surface area contributed by atoms with E-state index in [1.807, 2.05) is 5.32 Å². The molecular formula is C17H12ClF3N4O6. The van der Waals surface area contributed by atoms with Crippen molar-refractivity contribution in [3.63, 3.8) is 0 Å². The Morgan fingerprint density at radius 2 is 1.68 bits per heavy atom. The van der Waals surface area contributed by atoms with Crippen LogP contribution in [0.5, 0.6) is 0 Å². The Morgan fingerprint density at radius 3 is 2.26 bits per heavy atom. The standard InChI is InChI=1S/C17H12ClF3N4O6/c18-13-3-2-11(24(28)29)5-9(13)8-22-15(26)7-16(27)23-10-1-4-14(25(30)31)12(6-10)17(19,20)21/h1-6H,7-8H2,(H,22,26)(H,23,27). The summed E-state index contributed by atoms with van der Waals surface area (Å²) in [4.78, 5) is 43.5. The van der Waals surface area contributed by atoms with Gasteiger partial charge in [-0.05, 0) is 23.8 Å². The van der Waals surface area contributed by atoms with Crippen LogP contribution in [0.15, 0.2) is 36.4 Å². The normalized spacial score (nSPS) is 11.0. The van der Waals surface area contributed by atoms with E-state index >= 15 is 0 Å². The van der Waals surface area contributed by atoms with Gasteiger partial charge in [0.1, 0.15) is 12.0 Å². The fraction of sp³-hybridized carbons (Fsp3) is 0.176. The molecule has 2 amide bonds. The lowest BCUT2D eigenvalue weighted by Gasteiger charge is -2.11. The zero-order chi connectivity index (χ0) is 23.3. The fourth-order valence-electron chi connectivity index (χ4n) is 2.42. The molecule has 0 aliphatic rings. The van der Waals surface area contributed by atoms with Gasteiger partial charge in [0.15, 0.2) is 0 Å². The van der Waals surface area contributed by atoms with Crippen LogP contribution in [0.1, 0.15) is 17.5 Å². The van der Waals surface area contributed by atoms with Crippen molar-refractivity contribution in [1.29, 1.82) is 0 Å². The number of hydrogen-bond donors (Lipinski definition) is 2. The second-order valence-corrected chi connectivity index (χ2v) is 6.43. The van der Waals surface area contributed by atoms with E-state index in [1.54, 1.807) is 0 Å². The van der Waals surface area contributed by atoms with Crippen LogP contribution in [0.25, 0.3) is 0 Å². The average Bonchev–Trinajstić information content (AvgIpc) is 2.66. The number of hydrogen-bond acceptors (Lipinski definition) is 6. The molecule has 2 N–H and O–H groups in total. The smallest absolute Gasteiger partial charge is 0.352 e. The predicted molar refractivity (Wildman–Crippen MR) is 101 cm³/mol. The maximum absolute atomic E-state index is 13.0. The minimum Gasteiger partial charge on any atom is -0.352 e. The molecule has 0 unspecified atom stereocenters. The third kappa shape index (κ3) is 6.37. The van der Waals surface area contributed by atoms with Crippen molar-refractivity contribution in [2.24, 2.45) is 0 Å². The lowest BCUT2D eigenvalue weighted by molar-refractivity contribution is -0.388. The summed E-state index contributed by atoms with van der Waals surface area (Å²) in [6, 6.07) is 5.44. The number of benzene rings is 2. The van der Waals surface area contributed by atoms with Crippen LogP contribution in [0.3, 0.4) is 0 Å². The fourth-order valence-corrected chi connectivity index (χ4v) is 2.60. The van der Waals surface area contributed by atoms with Crippen molar-refractivity contribution in [2.75, 3.05) is 5.32 Å². The van der Waals surface area contributed by atoms with Crippen LogP contribution >= 0.6 is 11.6 Å². The number of nitro benzene ring substituents is 2. The van der Waals surface area contributed by atoms with Crippen molar-refractivity contribution < 1.29 is 32.6 Å². The highest BCUT2D eigenvalue weighted by Gasteiger charge is 2.38. The molecule has 31 heavy (non-hydrogen) atoms. The second-order valence-electron chi connectivity index (χ2n) is 6.02. The Labute approximate surface area is 176 Å². The van der Waals surface area contributed by atoms with Gasteiger partial charge in [-0.2, -0.15) is 13.2 Å². The number of nitro groups is 2. The first-order valence-electron chi connectivity index (χ1n) is 8.23. The number of anilines is 1. The van der Waals surface area contributed by atoms with Crippen molar-refractivity contribution in [3.8, 4) is 0 Å². The van der Waals surface area contributed by atoms with Crippen LogP contribution < -0.4 is 10.6 Å². The average molecular weight is 461 g/mol. The number of carbonyl (C=O) groups is 2. The van der Waals surface area contributed by atoms with Gasteiger partial charge >= 0.3 is 6.18 Å². The summed E-state index contributed by atoms with van der Waals surface area (Å²) < 4.78 is 38.9. The molecule has 0 heterocycles. The highest BCUT2D eigenvalue weighted by Crippen LogP contribution is 2.37. The van der Waals surface area contributed by atoms with Crippen molar-refractivity contribution in [1.82, 2.24) is 5.32 Å². The minimum atomic E-state index is -5.03. The maximum atomic E-state index is 13.0. The summed E-state index contributed by atoms with van der Waals surface area (Å²) in [6.45, 7) is -0.234. The predicted octanol–water partition coefficient (Wildman–Crippen LogP) is 3.82. The van der Waals surface area contributed by atoms with Crippen molar-refractivity contribution in [2.45, 2.75) is 19.1 Å². The van der Waals surface area contributed by atoms with Crippen molar-refractivity contribution >= 4 is 40.5 Å². The minimum absolute atomic E-state index is 0.140. The Hall–Kier alpha value is -3.74. The van der Waals surface area contributed by atoms with E-state index in [-0.39, 0.29) is 22.8 Å². The molecule has 0 saturated heterocycles. The molecule has 2 rings (SSSR count). The van der Waals surface area contributed by atoms with Gasteiger partial charge in [-0.15, -0.1) is 0 Å². The van der Waals surface area contributed by atoms with E-state index in [9.17, 15) is 43.0 Å². The monoisotopic (exact) mass is 460 g/mol. The summed E-state index contributed by atoms with van der Waals surface area (Å²) in [6.07, 6.45) is -5.82. The number of rotatable bonds is 7. The number of amides is 2. The number of nitrogens with zero attached hydrogens (tertiary/aromatic N) is 2. The SMILES string of the molecule is O=C(CC(=O)Nc1ccc([N+](=O)[O-])c(C(F)(F)F)c1)NCc1cc([N+](=O)[O-])ccc1Cl. The van der Waals surface area contributed by atoms with Gasteiger partial charge < -0.3 is 10.6 Å². The molecule has 14 heteroatoms. The van der Waals surface area contributed by atoms with Gasteiger partial charge in [0.05, 0.1) is 9.85 Å². The highest BCUT2D eigenvalue weighted by atomic mass is 35.5. The molecule has 0 bridgehead atoms. The van der Waals surface area contributed by atoms with E-state index < -0.39 is 51.2 Å². The van der Waals surface area contributed by atoms with Crippen LogP contribution in [0, 0.1) is 20.2 Å². The highest BCUT2D eigenvalue weighted by molar-refractivity contribution is 6.31. The topological polar surface area (TPSA) is 144 Å². The van der Waals surface area contributed by atoms with Gasteiger partial charge in [-0.3, -0.25) is 29.8 Å². The molecule has 0 atom stereocenters. The van der Waals surface area contributed by atoms with E-state index in [2.05, 4.69) is 5.32 Å². The second kappa shape index (κ2) is 9.38. The molecule has 0 radical (unpaired) electrons. The molecule has 0 aliphatic carbocycles. The van der Waals surface area contributed by atoms with Crippen LogP contribution in [0.4, 0.5) is 30.2 Å². The molecule has 10 nitrogen and oxygen atoms in total. The third-order valence-electron chi connectivity index (χ3n) is 3.82. The molecule has 0 aliphatic heterocycles. The molecule has 0 spiro atoms. The molecule has 0 fully saturated rings. The van der Waals surface area contributed by atoms with Gasteiger partial charge in [0.2, 0.25) is 11.8 Å². The molecule has 164 valence electrons. The summed E-state index contributed by atoms with van der Waals surface area (Å²) in [5.41, 5.74) is -3.17. The number of carbonyl (C=O) groups excluding carboxylic acids is 2. The van der Waals surface area contributed by atoms with Crippen LogP contribution in [-0.2, 0) is 22.3 Å². The van der Waals surface area contributed by atoms with Gasteiger partial charge in [-0.25, -0.2) is 0 Å². The van der Waals surface area contributed by atoms with Gasteiger partial charge in [0, 0.05) is 35.5 Å². The zero-order valence-electron chi connectivity index (χ0n) is 15.2. The first kappa shape index (κ1) is 23.5. The molecule has 2 aromatic rings. The van der Waals surface area contributed by atoms with Gasteiger partial charge in [-0.1, -0.05) is 11.6 Å². The largest absolute Gasteiger partial charge is 0.423 e. The molecule has 0 saturated carbocycles. The van der Waals surface area contributed by atoms with Crippen molar-refractivity contribution in [3.05, 3.63) is 72.8 Å². The lowest BCUT2D eigenvalue weighted by Crippen LogP contribution is -2.28. The number of non-ortho nitro benzene ring substituents is 1. The Kier molecular flexibility index (Phi) is 7.12. The van der Waals surface area contributed by atoms with Crippen LogP contribution in [0.2, 0.25) is 5.02 Å². The van der Waals surface area contributed by atoms with Gasteiger partial charge in [0.25, 0.3) is 11.4 Å². The first-order chi connectivity index (χ1) is 14.4. The third-order valence-corrected chi connectivity index (χ3v) is 4.19. The first-order valence-corrected chi connectivity index (χ1v) is 8.61. The summed E-state index contributed by atoms with van der Waals surface area (Å²) >= 11 is 5.89. The summed E-state index contributed by atoms with van der Waals surface area (Å²) in [5, 5.41) is 26.0. The lowest BCUT2D eigenvalue weighted by atomic mass is 10.1. The number of nitrogens with one attached hydrogen (secondary N) is 2. The Bertz CT molecular complexity index is 1060. The summed E-state index contributed by atoms with van der Waals surface area (Å²) in [7, 11) is 0. The Balaban J connectivity index is 2.02. The zero-order valence-corrected chi connectivity index (χ0v) is 16.0.